The molecular weight excluding hydrogens is 340 g/mol. The smallest absolute Gasteiger partial charge is 0.222 e. The predicted octanol–water partition coefficient (Wildman–Crippen LogP) is 2.87. The number of piperazine rings is 1. The minimum Gasteiger partial charge on any atom is -0.494 e. The molecule has 0 aromatic heterocycles. The van der Waals surface area contributed by atoms with Crippen LogP contribution in [0.1, 0.15) is 23.2 Å². The topological polar surface area (TPSA) is 49.9 Å². The van der Waals surface area contributed by atoms with Crippen molar-refractivity contribution in [3.63, 3.8) is 0 Å². The zero-order chi connectivity index (χ0) is 18.9. The Labute approximate surface area is 160 Å². The maximum absolute atomic E-state index is 12.3. The maximum atomic E-state index is 12.3. The van der Waals surface area contributed by atoms with Gasteiger partial charge in [-0.3, -0.25) is 14.5 Å². The average molecular weight is 366 g/mol. The van der Waals surface area contributed by atoms with Crippen molar-refractivity contribution in [1.82, 2.24) is 9.80 Å². The quantitative estimate of drug-likeness (QED) is 0.532. The number of hydrogen-bond donors (Lipinski definition) is 0. The highest BCUT2D eigenvalue weighted by Crippen LogP contribution is 2.10. The Morgan fingerprint density at radius 1 is 0.852 bits per heavy atom. The van der Waals surface area contributed by atoms with Crippen molar-refractivity contribution in [2.75, 3.05) is 39.3 Å². The summed E-state index contributed by atoms with van der Waals surface area (Å²) in [6.45, 7) is 3.80. The normalized spacial score (nSPS) is 14.7. The van der Waals surface area contributed by atoms with Crippen LogP contribution in [0.3, 0.4) is 0 Å². The molecule has 1 fully saturated rings. The van der Waals surface area contributed by atoms with Gasteiger partial charge in [0.05, 0.1) is 13.2 Å². The summed E-state index contributed by atoms with van der Waals surface area (Å²) in [6, 6.07) is 19.0. The monoisotopic (exact) mass is 366 g/mol. The van der Waals surface area contributed by atoms with Gasteiger partial charge in [0, 0.05) is 38.2 Å². The summed E-state index contributed by atoms with van der Waals surface area (Å²) in [6.07, 6.45) is 1.20. The Balaban J connectivity index is 1.33. The van der Waals surface area contributed by atoms with Crippen LogP contribution in [0.25, 0.3) is 0 Å². The van der Waals surface area contributed by atoms with E-state index in [4.69, 9.17) is 4.74 Å². The van der Waals surface area contributed by atoms with Crippen molar-refractivity contribution in [2.24, 2.45) is 0 Å². The van der Waals surface area contributed by atoms with Crippen LogP contribution in [0.4, 0.5) is 0 Å². The van der Waals surface area contributed by atoms with Crippen molar-refractivity contribution in [2.45, 2.75) is 12.8 Å². The lowest BCUT2D eigenvalue weighted by atomic mass is 10.1. The largest absolute Gasteiger partial charge is 0.494 e. The lowest BCUT2D eigenvalue weighted by Crippen LogP contribution is -2.49. The number of amides is 1. The summed E-state index contributed by atoms with van der Waals surface area (Å²) in [5.41, 5.74) is 0.745. The van der Waals surface area contributed by atoms with E-state index in [9.17, 15) is 9.59 Å². The summed E-state index contributed by atoms with van der Waals surface area (Å²) in [4.78, 5) is 28.6. The Morgan fingerprint density at radius 3 is 2.15 bits per heavy atom. The van der Waals surface area contributed by atoms with E-state index in [1.54, 1.807) is 0 Å². The number of ketones is 1. The number of para-hydroxylation sites is 1. The van der Waals surface area contributed by atoms with E-state index < -0.39 is 0 Å². The number of carbonyl (C=O) groups excluding carboxylic acids is 2. The average Bonchev–Trinajstić information content (AvgIpc) is 2.73. The van der Waals surface area contributed by atoms with Crippen LogP contribution >= 0.6 is 0 Å². The van der Waals surface area contributed by atoms with Gasteiger partial charge in [0.1, 0.15) is 5.75 Å². The highest BCUT2D eigenvalue weighted by Gasteiger charge is 2.22. The molecule has 142 valence electrons. The van der Waals surface area contributed by atoms with Crippen molar-refractivity contribution in [1.29, 1.82) is 0 Å². The van der Waals surface area contributed by atoms with Crippen LogP contribution < -0.4 is 4.74 Å². The zero-order valence-corrected chi connectivity index (χ0v) is 15.5. The second-order valence-electron chi connectivity index (χ2n) is 6.71. The molecule has 5 heteroatoms. The third-order valence-electron chi connectivity index (χ3n) is 4.73. The molecular formula is C22H26N2O3. The predicted molar refractivity (Wildman–Crippen MR) is 105 cm³/mol. The highest BCUT2D eigenvalue weighted by atomic mass is 16.5. The fourth-order valence-corrected chi connectivity index (χ4v) is 3.16. The Hall–Kier alpha value is -2.66. The first-order chi connectivity index (χ1) is 13.2. The molecule has 0 N–H and O–H groups in total. The van der Waals surface area contributed by atoms with Crippen LogP contribution in [0, 0.1) is 0 Å². The van der Waals surface area contributed by atoms with Gasteiger partial charge in [-0.05, 0) is 18.6 Å². The number of hydrogen-bond acceptors (Lipinski definition) is 4. The molecule has 1 heterocycles. The molecule has 2 aromatic carbocycles. The molecule has 3 rings (SSSR count). The Morgan fingerprint density at radius 2 is 1.48 bits per heavy atom. The zero-order valence-electron chi connectivity index (χ0n) is 15.5. The Bertz CT molecular complexity index is 726. The molecule has 0 radical (unpaired) electrons. The molecule has 2 aromatic rings. The standard InChI is InChI=1S/C22H26N2O3/c25-21(19-8-3-1-4-9-19)18-23-13-15-24(16-14-23)22(26)12-7-17-27-20-10-5-2-6-11-20/h1-6,8-11H,7,12-18H2. The fourth-order valence-electron chi connectivity index (χ4n) is 3.16. The van der Waals surface area contributed by atoms with Crippen molar-refractivity contribution in [3.8, 4) is 5.75 Å². The van der Waals surface area contributed by atoms with Gasteiger partial charge < -0.3 is 9.64 Å². The van der Waals surface area contributed by atoms with Gasteiger partial charge in [0.25, 0.3) is 0 Å². The molecule has 0 unspecified atom stereocenters. The molecule has 0 aliphatic carbocycles. The number of rotatable bonds is 8. The van der Waals surface area contributed by atoms with Gasteiger partial charge in [0.2, 0.25) is 5.91 Å². The first-order valence-electron chi connectivity index (χ1n) is 9.48. The third kappa shape index (κ3) is 5.93. The molecule has 1 aliphatic heterocycles. The maximum Gasteiger partial charge on any atom is 0.222 e. The molecule has 0 atom stereocenters. The summed E-state index contributed by atoms with van der Waals surface area (Å²) >= 11 is 0. The van der Waals surface area contributed by atoms with Crippen molar-refractivity contribution in [3.05, 3.63) is 66.2 Å². The highest BCUT2D eigenvalue weighted by molar-refractivity contribution is 5.97. The van der Waals surface area contributed by atoms with Crippen LogP contribution in [-0.4, -0.2) is 60.8 Å². The second-order valence-corrected chi connectivity index (χ2v) is 6.71. The van der Waals surface area contributed by atoms with Gasteiger partial charge in [0.15, 0.2) is 5.78 Å². The Kier molecular flexibility index (Phi) is 6.99. The minimum absolute atomic E-state index is 0.133. The van der Waals surface area contributed by atoms with Gasteiger partial charge in [-0.1, -0.05) is 48.5 Å². The number of nitrogens with zero attached hydrogens (tertiary/aromatic N) is 2. The molecule has 27 heavy (non-hydrogen) atoms. The van der Waals surface area contributed by atoms with Crippen LogP contribution in [-0.2, 0) is 4.79 Å². The van der Waals surface area contributed by atoms with Crippen LogP contribution in [0.5, 0.6) is 5.75 Å². The number of ether oxygens (including phenoxy) is 1. The van der Waals surface area contributed by atoms with E-state index in [-0.39, 0.29) is 11.7 Å². The SMILES string of the molecule is O=C(CN1CCN(C(=O)CCCOc2ccccc2)CC1)c1ccccc1. The fraction of sp³-hybridized carbons (Fsp3) is 0.364. The van der Waals surface area contributed by atoms with Gasteiger partial charge >= 0.3 is 0 Å². The molecule has 0 saturated carbocycles. The number of Topliss-reactive ketones (excluding diaryl/α,β-unsaturated/α-hetero) is 1. The van der Waals surface area contributed by atoms with E-state index in [0.29, 0.717) is 39.1 Å². The summed E-state index contributed by atoms with van der Waals surface area (Å²) in [7, 11) is 0. The molecule has 5 nitrogen and oxygen atoms in total. The molecule has 1 amide bonds. The van der Waals surface area contributed by atoms with E-state index >= 15 is 0 Å². The van der Waals surface area contributed by atoms with Gasteiger partial charge in [-0.2, -0.15) is 0 Å². The molecule has 0 bridgehead atoms. The first kappa shape index (κ1) is 19.1. The van der Waals surface area contributed by atoms with E-state index in [0.717, 1.165) is 24.4 Å². The van der Waals surface area contributed by atoms with E-state index in [1.807, 2.05) is 65.6 Å². The summed E-state index contributed by atoms with van der Waals surface area (Å²) in [5, 5.41) is 0. The minimum atomic E-state index is 0.133. The number of carbonyl (C=O) groups is 2. The lowest BCUT2D eigenvalue weighted by molar-refractivity contribution is -0.133. The summed E-state index contributed by atoms with van der Waals surface area (Å²) < 4.78 is 5.63. The van der Waals surface area contributed by atoms with Crippen molar-refractivity contribution >= 4 is 11.7 Å². The third-order valence-corrected chi connectivity index (χ3v) is 4.73. The number of benzene rings is 2. The van der Waals surface area contributed by atoms with E-state index in [2.05, 4.69) is 4.90 Å². The molecule has 1 aliphatic rings. The van der Waals surface area contributed by atoms with Crippen LogP contribution in [0.15, 0.2) is 60.7 Å². The first-order valence-corrected chi connectivity index (χ1v) is 9.48. The van der Waals surface area contributed by atoms with Gasteiger partial charge in [-0.25, -0.2) is 0 Å². The van der Waals surface area contributed by atoms with Crippen LogP contribution in [0.2, 0.25) is 0 Å². The van der Waals surface area contributed by atoms with Gasteiger partial charge in [-0.15, -0.1) is 0 Å². The van der Waals surface area contributed by atoms with E-state index in [1.165, 1.54) is 0 Å². The summed E-state index contributed by atoms with van der Waals surface area (Å²) in [5.74, 6) is 1.13. The molecule has 0 spiro atoms. The second kappa shape index (κ2) is 9.88. The van der Waals surface area contributed by atoms with Crippen molar-refractivity contribution < 1.29 is 14.3 Å². The lowest BCUT2D eigenvalue weighted by Gasteiger charge is -2.34. The molecule has 1 saturated heterocycles.